The number of aromatic amines is 1. The first-order valence-corrected chi connectivity index (χ1v) is 6.38. The molecule has 1 atom stereocenters. The Morgan fingerprint density at radius 3 is 3.00 bits per heavy atom. The number of nitrogens with zero attached hydrogens (tertiary/aromatic N) is 1. The summed E-state index contributed by atoms with van der Waals surface area (Å²) in [5.41, 5.74) is 2.63. The van der Waals surface area contributed by atoms with Crippen molar-refractivity contribution in [2.24, 2.45) is 5.92 Å². The van der Waals surface area contributed by atoms with E-state index in [1.807, 2.05) is 6.20 Å². The van der Waals surface area contributed by atoms with Crippen molar-refractivity contribution in [1.82, 2.24) is 15.5 Å². The SMILES string of the molecule is CC(C)(C)c1[nH]ncc1CNC[C@@H]1CCOC1. The second-order valence-corrected chi connectivity index (χ2v) is 5.88. The molecule has 0 aliphatic carbocycles. The summed E-state index contributed by atoms with van der Waals surface area (Å²) in [5, 5.41) is 10.8. The zero-order valence-corrected chi connectivity index (χ0v) is 11.0. The summed E-state index contributed by atoms with van der Waals surface area (Å²) in [5.74, 6) is 0.681. The summed E-state index contributed by atoms with van der Waals surface area (Å²) in [6.07, 6.45) is 3.11. The highest BCUT2D eigenvalue weighted by Gasteiger charge is 2.20. The van der Waals surface area contributed by atoms with Crippen LogP contribution in [0.3, 0.4) is 0 Å². The fourth-order valence-electron chi connectivity index (χ4n) is 2.25. The van der Waals surface area contributed by atoms with Crippen LogP contribution in [0.5, 0.6) is 0 Å². The highest BCUT2D eigenvalue weighted by Crippen LogP contribution is 2.23. The maximum atomic E-state index is 5.36. The largest absolute Gasteiger partial charge is 0.381 e. The van der Waals surface area contributed by atoms with Crippen LogP contribution in [-0.4, -0.2) is 30.0 Å². The van der Waals surface area contributed by atoms with Gasteiger partial charge in [0, 0.05) is 36.4 Å². The number of nitrogens with one attached hydrogen (secondary N) is 2. The van der Waals surface area contributed by atoms with Crippen molar-refractivity contribution in [1.29, 1.82) is 0 Å². The van der Waals surface area contributed by atoms with E-state index in [1.165, 1.54) is 17.7 Å². The van der Waals surface area contributed by atoms with Crippen molar-refractivity contribution in [2.75, 3.05) is 19.8 Å². The topological polar surface area (TPSA) is 49.9 Å². The normalized spacial score (nSPS) is 21.0. The minimum Gasteiger partial charge on any atom is -0.381 e. The van der Waals surface area contributed by atoms with Gasteiger partial charge in [0.1, 0.15) is 0 Å². The molecule has 1 aliphatic rings. The summed E-state index contributed by atoms with van der Waals surface area (Å²) in [6, 6.07) is 0. The third kappa shape index (κ3) is 3.30. The van der Waals surface area contributed by atoms with Gasteiger partial charge < -0.3 is 10.1 Å². The lowest BCUT2D eigenvalue weighted by molar-refractivity contribution is 0.185. The Labute approximate surface area is 103 Å². The van der Waals surface area contributed by atoms with E-state index in [9.17, 15) is 0 Å². The number of rotatable bonds is 4. The molecule has 0 unspecified atom stereocenters. The molecular formula is C13H23N3O. The van der Waals surface area contributed by atoms with Crippen LogP contribution in [0.25, 0.3) is 0 Å². The van der Waals surface area contributed by atoms with Crippen LogP contribution in [-0.2, 0) is 16.7 Å². The Hall–Kier alpha value is -0.870. The van der Waals surface area contributed by atoms with Crippen molar-refractivity contribution in [3.63, 3.8) is 0 Å². The Balaban J connectivity index is 1.84. The second kappa shape index (κ2) is 5.19. The Morgan fingerprint density at radius 2 is 2.35 bits per heavy atom. The van der Waals surface area contributed by atoms with E-state index in [-0.39, 0.29) is 5.41 Å². The summed E-state index contributed by atoms with van der Waals surface area (Å²) in [7, 11) is 0. The summed E-state index contributed by atoms with van der Waals surface area (Å²) < 4.78 is 5.36. The Bertz CT molecular complexity index is 348. The zero-order chi connectivity index (χ0) is 12.3. The highest BCUT2D eigenvalue weighted by atomic mass is 16.5. The van der Waals surface area contributed by atoms with E-state index in [0.29, 0.717) is 5.92 Å². The molecule has 17 heavy (non-hydrogen) atoms. The lowest BCUT2D eigenvalue weighted by atomic mass is 9.89. The van der Waals surface area contributed by atoms with Gasteiger partial charge in [-0.05, 0) is 12.3 Å². The molecule has 1 fully saturated rings. The molecule has 96 valence electrons. The van der Waals surface area contributed by atoms with Gasteiger partial charge in [0.2, 0.25) is 0 Å². The molecule has 2 rings (SSSR count). The molecule has 0 amide bonds. The van der Waals surface area contributed by atoms with Crippen LogP contribution in [0.1, 0.15) is 38.4 Å². The van der Waals surface area contributed by atoms with Crippen molar-refractivity contribution >= 4 is 0 Å². The predicted octanol–water partition coefficient (Wildman–Crippen LogP) is 1.83. The molecular weight excluding hydrogens is 214 g/mol. The molecule has 4 heteroatoms. The average Bonchev–Trinajstić information content (AvgIpc) is 2.86. The molecule has 4 nitrogen and oxygen atoms in total. The third-order valence-electron chi connectivity index (χ3n) is 3.24. The summed E-state index contributed by atoms with van der Waals surface area (Å²) >= 11 is 0. The van der Waals surface area contributed by atoms with Gasteiger partial charge >= 0.3 is 0 Å². The monoisotopic (exact) mass is 237 g/mol. The predicted molar refractivity (Wildman–Crippen MR) is 67.9 cm³/mol. The lowest BCUT2D eigenvalue weighted by Crippen LogP contribution is -2.24. The van der Waals surface area contributed by atoms with Crippen LogP contribution in [0.15, 0.2) is 6.20 Å². The minimum atomic E-state index is 0.129. The van der Waals surface area contributed by atoms with Crippen LogP contribution >= 0.6 is 0 Å². The second-order valence-electron chi connectivity index (χ2n) is 5.88. The molecule has 0 aromatic carbocycles. The molecule has 0 saturated carbocycles. The van der Waals surface area contributed by atoms with Crippen molar-refractivity contribution in [3.05, 3.63) is 17.5 Å². The number of aromatic nitrogens is 2. The van der Waals surface area contributed by atoms with Crippen molar-refractivity contribution in [3.8, 4) is 0 Å². The van der Waals surface area contributed by atoms with Gasteiger partial charge in [-0.1, -0.05) is 20.8 Å². The van der Waals surface area contributed by atoms with Gasteiger partial charge in [0.25, 0.3) is 0 Å². The van der Waals surface area contributed by atoms with Gasteiger partial charge in [-0.25, -0.2) is 0 Å². The van der Waals surface area contributed by atoms with Crippen LogP contribution < -0.4 is 5.32 Å². The van der Waals surface area contributed by atoms with E-state index in [1.54, 1.807) is 0 Å². The van der Waals surface area contributed by atoms with Crippen LogP contribution in [0.2, 0.25) is 0 Å². The third-order valence-corrected chi connectivity index (χ3v) is 3.24. The Morgan fingerprint density at radius 1 is 1.53 bits per heavy atom. The van der Waals surface area contributed by atoms with Gasteiger partial charge in [0.05, 0.1) is 12.8 Å². The first kappa shape index (κ1) is 12.6. The van der Waals surface area contributed by atoms with E-state index >= 15 is 0 Å². The number of ether oxygens (including phenoxy) is 1. The fraction of sp³-hybridized carbons (Fsp3) is 0.769. The van der Waals surface area contributed by atoms with E-state index in [0.717, 1.165) is 26.3 Å². The van der Waals surface area contributed by atoms with Crippen LogP contribution in [0.4, 0.5) is 0 Å². The fourth-order valence-corrected chi connectivity index (χ4v) is 2.25. The number of hydrogen-bond acceptors (Lipinski definition) is 3. The van der Waals surface area contributed by atoms with E-state index in [4.69, 9.17) is 4.74 Å². The molecule has 2 N–H and O–H groups in total. The summed E-state index contributed by atoms with van der Waals surface area (Å²) in [4.78, 5) is 0. The lowest BCUT2D eigenvalue weighted by Gasteiger charge is -2.19. The molecule has 1 aliphatic heterocycles. The summed E-state index contributed by atoms with van der Waals surface area (Å²) in [6.45, 7) is 10.4. The maximum Gasteiger partial charge on any atom is 0.0535 e. The van der Waals surface area contributed by atoms with E-state index in [2.05, 4.69) is 36.3 Å². The molecule has 1 aromatic rings. The molecule has 1 saturated heterocycles. The standard InChI is InChI=1S/C13H23N3O/c1-13(2,3)12-11(8-15-16-12)7-14-6-10-4-5-17-9-10/h8,10,14H,4-7,9H2,1-3H3,(H,15,16)/t10-/m0/s1. The molecule has 1 aromatic heterocycles. The quantitative estimate of drug-likeness (QED) is 0.840. The van der Waals surface area contributed by atoms with Gasteiger partial charge in [0.15, 0.2) is 0 Å². The molecule has 0 spiro atoms. The van der Waals surface area contributed by atoms with Crippen molar-refractivity contribution < 1.29 is 4.74 Å². The smallest absolute Gasteiger partial charge is 0.0535 e. The number of H-pyrrole nitrogens is 1. The molecule has 0 radical (unpaired) electrons. The first-order chi connectivity index (χ1) is 8.07. The number of hydrogen-bond donors (Lipinski definition) is 2. The van der Waals surface area contributed by atoms with Crippen molar-refractivity contribution in [2.45, 2.75) is 39.2 Å². The zero-order valence-electron chi connectivity index (χ0n) is 11.0. The highest BCUT2D eigenvalue weighted by molar-refractivity contribution is 5.23. The Kier molecular flexibility index (Phi) is 3.84. The van der Waals surface area contributed by atoms with Gasteiger partial charge in [-0.3, -0.25) is 5.10 Å². The first-order valence-electron chi connectivity index (χ1n) is 6.38. The van der Waals surface area contributed by atoms with Gasteiger partial charge in [-0.2, -0.15) is 5.10 Å². The molecule has 2 heterocycles. The van der Waals surface area contributed by atoms with E-state index < -0.39 is 0 Å². The maximum absolute atomic E-state index is 5.36. The average molecular weight is 237 g/mol. The minimum absolute atomic E-state index is 0.129. The van der Waals surface area contributed by atoms with Gasteiger partial charge in [-0.15, -0.1) is 0 Å². The van der Waals surface area contributed by atoms with Crippen LogP contribution in [0, 0.1) is 5.92 Å². The molecule has 0 bridgehead atoms.